The number of nitrogens with zero attached hydrogens (tertiary/aromatic N) is 1. The molecule has 3 rings (SSSR count). The molecule has 0 spiro atoms. The number of anilines is 1. The molecule has 0 aliphatic carbocycles. The lowest BCUT2D eigenvalue weighted by molar-refractivity contribution is -0.112. The van der Waals surface area contributed by atoms with Crippen LogP contribution in [0.3, 0.4) is 0 Å². The van der Waals surface area contributed by atoms with Gasteiger partial charge in [0, 0.05) is 11.3 Å². The minimum absolute atomic E-state index is 0.00427. The Morgan fingerprint density at radius 3 is 2.55 bits per heavy atom. The summed E-state index contributed by atoms with van der Waals surface area (Å²) >= 11 is 2.11. The Morgan fingerprint density at radius 1 is 1.16 bits per heavy atom. The number of halogens is 2. The van der Waals surface area contributed by atoms with Crippen LogP contribution in [0, 0.1) is 20.7 Å². The zero-order chi connectivity index (χ0) is 22.2. The topological polar surface area (TPSA) is 62.1 Å². The molecule has 0 saturated heterocycles. The van der Waals surface area contributed by atoms with Gasteiger partial charge in [-0.25, -0.2) is 4.39 Å². The summed E-state index contributed by atoms with van der Waals surface area (Å²) in [5, 5.41) is 12.2. The zero-order valence-electron chi connectivity index (χ0n) is 16.9. The molecular formula is C25H20FIN2O2. The highest BCUT2D eigenvalue weighted by molar-refractivity contribution is 14.1. The van der Waals surface area contributed by atoms with Gasteiger partial charge in [0.15, 0.2) is 0 Å². The van der Waals surface area contributed by atoms with Crippen LogP contribution >= 0.6 is 22.6 Å². The third kappa shape index (κ3) is 6.15. The van der Waals surface area contributed by atoms with E-state index in [-0.39, 0.29) is 18.0 Å². The second-order valence-electron chi connectivity index (χ2n) is 6.74. The van der Waals surface area contributed by atoms with Crippen molar-refractivity contribution in [2.24, 2.45) is 0 Å². The number of rotatable bonds is 7. The van der Waals surface area contributed by atoms with Crippen molar-refractivity contribution in [2.75, 3.05) is 5.32 Å². The number of hydrogen-bond donors (Lipinski definition) is 1. The van der Waals surface area contributed by atoms with E-state index >= 15 is 0 Å². The molecule has 6 heteroatoms. The molecule has 31 heavy (non-hydrogen) atoms. The smallest absolute Gasteiger partial charge is 0.266 e. The largest absolute Gasteiger partial charge is 0.488 e. The lowest BCUT2D eigenvalue weighted by atomic mass is 10.1. The third-order valence-electron chi connectivity index (χ3n) is 4.59. The van der Waals surface area contributed by atoms with E-state index in [1.165, 1.54) is 17.7 Å². The van der Waals surface area contributed by atoms with Crippen molar-refractivity contribution in [3.63, 3.8) is 0 Å². The summed E-state index contributed by atoms with van der Waals surface area (Å²) in [5.74, 6) is -0.187. The number of nitrogens with one attached hydrogen (secondary N) is 1. The van der Waals surface area contributed by atoms with Crippen LogP contribution in [0.2, 0.25) is 0 Å². The van der Waals surface area contributed by atoms with Crippen LogP contribution in [-0.4, -0.2) is 5.91 Å². The molecule has 3 aromatic carbocycles. The molecule has 1 N–H and O–H groups in total. The standard InChI is InChI=1S/C25H20FIN2O2/c1-2-17-7-10-21(11-8-17)29-25(30)20(15-28)13-18-9-12-24(23(27)14-18)31-16-19-5-3-4-6-22(19)26/h3-14H,2,16H2,1H3,(H,29,30)/b20-13+. The van der Waals surface area contributed by atoms with Gasteiger partial charge < -0.3 is 10.1 Å². The number of benzene rings is 3. The van der Waals surface area contributed by atoms with Gasteiger partial charge in [0.25, 0.3) is 5.91 Å². The van der Waals surface area contributed by atoms with Gasteiger partial charge in [-0.1, -0.05) is 43.3 Å². The minimum Gasteiger partial charge on any atom is -0.488 e. The predicted molar refractivity (Wildman–Crippen MR) is 128 cm³/mol. The SMILES string of the molecule is CCc1ccc(NC(=O)/C(C#N)=C/c2ccc(OCc3ccccc3F)c(I)c2)cc1. The highest BCUT2D eigenvalue weighted by Crippen LogP contribution is 2.25. The Bertz CT molecular complexity index is 1150. The van der Waals surface area contributed by atoms with Crippen molar-refractivity contribution in [2.45, 2.75) is 20.0 Å². The zero-order valence-corrected chi connectivity index (χ0v) is 19.0. The molecule has 0 bridgehead atoms. The van der Waals surface area contributed by atoms with Crippen LogP contribution in [0.25, 0.3) is 6.08 Å². The molecule has 0 saturated carbocycles. The van der Waals surface area contributed by atoms with Gasteiger partial charge >= 0.3 is 0 Å². The number of carbonyl (C=O) groups excluding carboxylic acids is 1. The molecule has 3 aromatic rings. The fourth-order valence-corrected chi connectivity index (χ4v) is 3.53. The lowest BCUT2D eigenvalue weighted by Crippen LogP contribution is -2.13. The van der Waals surface area contributed by atoms with Crippen LogP contribution in [0.1, 0.15) is 23.6 Å². The van der Waals surface area contributed by atoms with E-state index in [2.05, 4.69) is 34.8 Å². The van der Waals surface area contributed by atoms with E-state index in [4.69, 9.17) is 4.74 Å². The molecule has 0 atom stereocenters. The molecule has 1 amide bonds. The summed E-state index contributed by atoms with van der Waals surface area (Å²) in [7, 11) is 0. The summed E-state index contributed by atoms with van der Waals surface area (Å²) in [6, 6.07) is 21.2. The van der Waals surface area contributed by atoms with Crippen LogP contribution in [0.15, 0.2) is 72.3 Å². The normalized spacial score (nSPS) is 11.0. The van der Waals surface area contributed by atoms with Crippen molar-refractivity contribution in [1.29, 1.82) is 5.26 Å². The van der Waals surface area contributed by atoms with Crippen molar-refractivity contribution in [3.8, 4) is 11.8 Å². The van der Waals surface area contributed by atoms with Crippen LogP contribution in [0.5, 0.6) is 5.75 Å². The van der Waals surface area contributed by atoms with Crippen LogP contribution < -0.4 is 10.1 Å². The van der Waals surface area contributed by atoms with E-state index in [1.54, 1.807) is 36.4 Å². The molecule has 156 valence electrons. The number of nitriles is 1. The first-order chi connectivity index (χ1) is 15.0. The summed E-state index contributed by atoms with van der Waals surface area (Å²) in [6.45, 7) is 2.17. The number of carbonyl (C=O) groups is 1. The number of ether oxygens (including phenoxy) is 1. The Balaban J connectivity index is 1.70. The maximum Gasteiger partial charge on any atom is 0.266 e. The molecule has 0 radical (unpaired) electrons. The van der Waals surface area contributed by atoms with Gasteiger partial charge in [0.05, 0.1) is 3.57 Å². The monoisotopic (exact) mass is 526 g/mol. The number of aryl methyl sites for hydroxylation is 1. The summed E-state index contributed by atoms with van der Waals surface area (Å²) in [4.78, 5) is 12.5. The van der Waals surface area contributed by atoms with Gasteiger partial charge in [-0.3, -0.25) is 4.79 Å². The van der Waals surface area contributed by atoms with Gasteiger partial charge in [-0.2, -0.15) is 5.26 Å². The Morgan fingerprint density at radius 2 is 1.90 bits per heavy atom. The lowest BCUT2D eigenvalue weighted by Gasteiger charge is -2.10. The predicted octanol–water partition coefficient (Wildman–Crippen LogP) is 6.12. The summed E-state index contributed by atoms with van der Waals surface area (Å²) in [6.07, 6.45) is 2.44. The van der Waals surface area contributed by atoms with Crippen molar-refractivity contribution >= 4 is 40.3 Å². The third-order valence-corrected chi connectivity index (χ3v) is 5.44. The number of hydrogen-bond acceptors (Lipinski definition) is 3. The first-order valence-corrected chi connectivity index (χ1v) is 10.8. The number of amides is 1. The average molecular weight is 526 g/mol. The second-order valence-corrected chi connectivity index (χ2v) is 7.91. The molecule has 4 nitrogen and oxygen atoms in total. The van der Waals surface area contributed by atoms with Gasteiger partial charge in [0.1, 0.15) is 29.8 Å². The first-order valence-electron chi connectivity index (χ1n) is 9.68. The Hall–Kier alpha value is -3.18. The van der Waals surface area contributed by atoms with E-state index in [0.29, 0.717) is 22.6 Å². The molecular weight excluding hydrogens is 506 g/mol. The van der Waals surface area contributed by atoms with E-state index in [1.807, 2.05) is 30.3 Å². The van der Waals surface area contributed by atoms with Crippen molar-refractivity contribution in [3.05, 3.63) is 98.4 Å². The first kappa shape index (κ1) is 22.5. The van der Waals surface area contributed by atoms with Crippen LogP contribution in [-0.2, 0) is 17.8 Å². The molecule has 0 heterocycles. The maximum absolute atomic E-state index is 13.8. The van der Waals surface area contributed by atoms with E-state index in [0.717, 1.165) is 9.99 Å². The molecule has 0 fully saturated rings. The van der Waals surface area contributed by atoms with Crippen molar-refractivity contribution < 1.29 is 13.9 Å². The molecule has 0 aliphatic heterocycles. The van der Waals surface area contributed by atoms with Gasteiger partial charge in [0.2, 0.25) is 0 Å². The summed E-state index contributed by atoms with van der Waals surface area (Å²) in [5.41, 5.74) is 2.96. The fraction of sp³-hybridized carbons (Fsp3) is 0.120. The highest BCUT2D eigenvalue weighted by Gasteiger charge is 2.11. The molecule has 0 aliphatic rings. The Kier molecular flexibility index (Phi) is 7.79. The minimum atomic E-state index is -0.471. The van der Waals surface area contributed by atoms with E-state index < -0.39 is 5.91 Å². The average Bonchev–Trinajstić information content (AvgIpc) is 2.78. The maximum atomic E-state index is 13.8. The van der Waals surface area contributed by atoms with Gasteiger partial charge in [-0.15, -0.1) is 0 Å². The van der Waals surface area contributed by atoms with E-state index in [9.17, 15) is 14.4 Å². The Labute approximate surface area is 194 Å². The van der Waals surface area contributed by atoms with Crippen molar-refractivity contribution in [1.82, 2.24) is 0 Å². The second kappa shape index (κ2) is 10.7. The fourth-order valence-electron chi connectivity index (χ4n) is 2.83. The molecule has 0 unspecified atom stereocenters. The quantitative estimate of drug-likeness (QED) is 0.229. The summed E-state index contributed by atoms with van der Waals surface area (Å²) < 4.78 is 20.3. The van der Waals surface area contributed by atoms with Gasteiger partial charge in [-0.05, 0) is 76.5 Å². The van der Waals surface area contributed by atoms with Crippen LogP contribution in [0.4, 0.5) is 10.1 Å². The highest BCUT2D eigenvalue weighted by atomic mass is 127. The molecule has 0 aromatic heterocycles.